The van der Waals surface area contributed by atoms with Gasteiger partial charge in [0.05, 0.1) is 13.2 Å². The summed E-state index contributed by atoms with van der Waals surface area (Å²) >= 11 is 0. The molecule has 0 saturated carbocycles. The molecule has 0 aromatic heterocycles. The SMILES string of the molecule is CC(C)NC(=O)NCc1ccccc1COCc1ccccc1. The van der Waals surface area contributed by atoms with Crippen LogP contribution in [0.2, 0.25) is 0 Å². The highest BCUT2D eigenvalue weighted by Gasteiger charge is 2.06. The topological polar surface area (TPSA) is 50.4 Å². The molecule has 122 valence electrons. The Morgan fingerprint density at radius 3 is 2.30 bits per heavy atom. The smallest absolute Gasteiger partial charge is 0.315 e. The summed E-state index contributed by atoms with van der Waals surface area (Å²) < 4.78 is 5.79. The maximum atomic E-state index is 11.7. The molecule has 0 aliphatic carbocycles. The Balaban J connectivity index is 1.86. The van der Waals surface area contributed by atoms with Gasteiger partial charge in [0.15, 0.2) is 0 Å². The Morgan fingerprint density at radius 2 is 1.61 bits per heavy atom. The molecule has 0 aliphatic heterocycles. The van der Waals surface area contributed by atoms with Crippen LogP contribution in [0.3, 0.4) is 0 Å². The van der Waals surface area contributed by atoms with Gasteiger partial charge in [0.2, 0.25) is 0 Å². The van der Waals surface area contributed by atoms with Gasteiger partial charge in [-0.1, -0.05) is 54.6 Å². The first kappa shape index (κ1) is 17.0. The predicted molar refractivity (Wildman–Crippen MR) is 91.9 cm³/mol. The van der Waals surface area contributed by atoms with Gasteiger partial charge in [-0.15, -0.1) is 0 Å². The Kier molecular flexibility index (Phi) is 6.63. The van der Waals surface area contributed by atoms with Crippen LogP contribution in [0.5, 0.6) is 0 Å². The summed E-state index contributed by atoms with van der Waals surface area (Å²) in [7, 11) is 0. The van der Waals surface area contributed by atoms with E-state index >= 15 is 0 Å². The van der Waals surface area contributed by atoms with Crippen molar-refractivity contribution in [2.45, 2.75) is 39.6 Å². The number of urea groups is 1. The van der Waals surface area contributed by atoms with E-state index in [2.05, 4.69) is 10.6 Å². The summed E-state index contributed by atoms with van der Waals surface area (Å²) in [6, 6.07) is 18.1. The lowest BCUT2D eigenvalue weighted by molar-refractivity contribution is 0.106. The summed E-state index contributed by atoms with van der Waals surface area (Å²) in [5.41, 5.74) is 3.31. The van der Waals surface area contributed by atoms with Gasteiger partial charge in [-0.25, -0.2) is 4.79 Å². The van der Waals surface area contributed by atoms with E-state index in [0.29, 0.717) is 19.8 Å². The van der Waals surface area contributed by atoms with Gasteiger partial charge in [-0.05, 0) is 30.5 Å². The average Bonchev–Trinajstić information content (AvgIpc) is 2.54. The van der Waals surface area contributed by atoms with Crippen LogP contribution in [-0.2, 0) is 24.5 Å². The fourth-order valence-electron chi connectivity index (χ4n) is 2.21. The lowest BCUT2D eigenvalue weighted by atomic mass is 10.1. The fourth-order valence-corrected chi connectivity index (χ4v) is 2.21. The molecular formula is C19H24N2O2. The number of nitrogens with one attached hydrogen (secondary N) is 2. The summed E-state index contributed by atoms with van der Waals surface area (Å²) in [5.74, 6) is 0. The molecule has 4 heteroatoms. The van der Waals surface area contributed by atoms with Crippen LogP contribution in [-0.4, -0.2) is 12.1 Å². The second-order valence-corrected chi connectivity index (χ2v) is 5.73. The quantitative estimate of drug-likeness (QED) is 0.820. The number of ether oxygens (including phenoxy) is 1. The van der Waals surface area contributed by atoms with Crippen molar-refractivity contribution in [2.75, 3.05) is 0 Å². The molecule has 0 saturated heterocycles. The van der Waals surface area contributed by atoms with Gasteiger partial charge in [0.1, 0.15) is 0 Å². The van der Waals surface area contributed by atoms with Crippen molar-refractivity contribution in [1.29, 1.82) is 0 Å². The van der Waals surface area contributed by atoms with Crippen molar-refractivity contribution in [3.05, 3.63) is 71.3 Å². The number of carbonyl (C=O) groups excluding carboxylic acids is 1. The lowest BCUT2D eigenvalue weighted by Crippen LogP contribution is -2.39. The van der Waals surface area contributed by atoms with E-state index in [9.17, 15) is 4.79 Å². The minimum atomic E-state index is -0.153. The second-order valence-electron chi connectivity index (χ2n) is 5.73. The number of amides is 2. The maximum absolute atomic E-state index is 11.7. The van der Waals surface area contributed by atoms with Crippen molar-refractivity contribution in [3.63, 3.8) is 0 Å². The average molecular weight is 312 g/mol. The number of rotatable bonds is 7. The zero-order valence-electron chi connectivity index (χ0n) is 13.7. The van der Waals surface area contributed by atoms with Gasteiger partial charge in [0, 0.05) is 12.6 Å². The molecule has 0 aliphatic rings. The molecule has 0 radical (unpaired) electrons. The van der Waals surface area contributed by atoms with Gasteiger partial charge in [0.25, 0.3) is 0 Å². The summed E-state index contributed by atoms with van der Waals surface area (Å²) in [6.45, 7) is 5.47. The van der Waals surface area contributed by atoms with E-state index in [1.54, 1.807) is 0 Å². The number of hydrogen-bond donors (Lipinski definition) is 2. The second kappa shape index (κ2) is 8.96. The van der Waals surface area contributed by atoms with Crippen molar-refractivity contribution < 1.29 is 9.53 Å². The highest BCUT2D eigenvalue weighted by molar-refractivity contribution is 5.74. The van der Waals surface area contributed by atoms with Crippen LogP contribution in [0.25, 0.3) is 0 Å². The molecule has 2 rings (SSSR count). The molecule has 0 fully saturated rings. The van der Waals surface area contributed by atoms with Crippen molar-refractivity contribution in [3.8, 4) is 0 Å². The first-order chi connectivity index (χ1) is 11.1. The predicted octanol–water partition coefficient (Wildman–Crippen LogP) is 3.61. The standard InChI is InChI=1S/C19H24N2O2/c1-15(2)21-19(22)20-12-17-10-6-7-11-18(17)14-23-13-16-8-4-3-5-9-16/h3-11,15H,12-14H2,1-2H3,(H2,20,21,22). The van der Waals surface area contributed by atoms with E-state index in [1.165, 1.54) is 0 Å². The van der Waals surface area contributed by atoms with Gasteiger partial charge in [-0.3, -0.25) is 0 Å². The molecule has 0 atom stereocenters. The number of hydrogen-bond acceptors (Lipinski definition) is 2. The minimum absolute atomic E-state index is 0.124. The van der Waals surface area contributed by atoms with Crippen LogP contribution < -0.4 is 10.6 Å². The van der Waals surface area contributed by atoms with E-state index in [-0.39, 0.29) is 12.1 Å². The van der Waals surface area contributed by atoms with Crippen LogP contribution in [0.4, 0.5) is 4.79 Å². The van der Waals surface area contributed by atoms with Crippen LogP contribution >= 0.6 is 0 Å². The molecule has 0 heterocycles. The first-order valence-corrected chi connectivity index (χ1v) is 7.88. The molecule has 0 unspecified atom stereocenters. The largest absolute Gasteiger partial charge is 0.372 e. The van der Waals surface area contributed by atoms with Gasteiger partial charge < -0.3 is 15.4 Å². The maximum Gasteiger partial charge on any atom is 0.315 e. The van der Waals surface area contributed by atoms with Crippen molar-refractivity contribution in [2.24, 2.45) is 0 Å². The molecule has 0 bridgehead atoms. The van der Waals surface area contributed by atoms with E-state index in [4.69, 9.17) is 4.74 Å². The van der Waals surface area contributed by atoms with E-state index in [1.807, 2.05) is 68.4 Å². The molecule has 4 nitrogen and oxygen atoms in total. The lowest BCUT2D eigenvalue weighted by Gasteiger charge is -2.13. The minimum Gasteiger partial charge on any atom is -0.372 e. The Hall–Kier alpha value is -2.33. The van der Waals surface area contributed by atoms with Crippen LogP contribution in [0, 0.1) is 0 Å². The van der Waals surface area contributed by atoms with Gasteiger partial charge in [-0.2, -0.15) is 0 Å². The molecule has 2 aromatic rings. The monoisotopic (exact) mass is 312 g/mol. The van der Waals surface area contributed by atoms with Crippen molar-refractivity contribution in [1.82, 2.24) is 10.6 Å². The van der Waals surface area contributed by atoms with Gasteiger partial charge >= 0.3 is 6.03 Å². The number of carbonyl (C=O) groups is 1. The molecule has 2 aromatic carbocycles. The molecular weight excluding hydrogens is 288 g/mol. The third-order valence-corrected chi connectivity index (χ3v) is 3.35. The Labute approximate surface area is 137 Å². The Morgan fingerprint density at radius 1 is 0.957 bits per heavy atom. The van der Waals surface area contributed by atoms with Crippen LogP contribution in [0.15, 0.2) is 54.6 Å². The third kappa shape index (κ3) is 6.12. The summed E-state index contributed by atoms with van der Waals surface area (Å²) in [4.78, 5) is 11.7. The zero-order valence-corrected chi connectivity index (χ0v) is 13.7. The molecule has 2 amide bonds. The van der Waals surface area contributed by atoms with Crippen LogP contribution in [0.1, 0.15) is 30.5 Å². The van der Waals surface area contributed by atoms with E-state index in [0.717, 1.165) is 16.7 Å². The first-order valence-electron chi connectivity index (χ1n) is 7.88. The molecule has 23 heavy (non-hydrogen) atoms. The molecule has 0 spiro atoms. The van der Waals surface area contributed by atoms with Crippen molar-refractivity contribution >= 4 is 6.03 Å². The zero-order chi connectivity index (χ0) is 16.5. The third-order valence-electron chi connectivity index (χ3n) is 3.35. The highest BCUT2D eigenvalue weighted by Crippen LogP contribution is 2.11. The summed E-state index contributed by atoms with van der Waals surface area (Å²) in [5, 5.41) is 5.69. The molecule has 2 N–H and O–H groups in total. The summed E-state index contributed by atoms with van der Waals surface area (Å²) in [6.07, 6.45) is 0. The van der Waals surface area contributed by atoms with E-state index < -0.39 is 0 Å². The Bertz CT molecular complexity index is 612. The highest BCUT2D eigenvalue weighted by atomic mass is 16.5. The number of benzene rings is 2. The normalized spacial score (nSPS) is 10.6. The fraction of sp³-hybridized carbons (Fsp3) is 0.316.